The standard InChI is InChI=1S/C24H28BrN2O2P/c1-18(2)29-30(28,23-16-14-22(15-17-23)27(3)4)24(19-10-12-20(25)13-11-19)26-21-8-6-5-7-9-21/h5-18,24,26H,1-4H3/t24-,30-/m0/s1. The lowest BCUT2D eigenvalue weighted by molar-refractivity contribution is 0.245. The highest BCUT2D eigenvalue weighted by Crippen LogP contribution is 2.59. The largest absolute Gasteiger partial charge is 0.378 e. The molecule has 30 heavy (non-hydrogen) atoms. The van der Waals surface area contributed by atoms with Gasteiger partial charge < -0.3 is 14.7 Å². The fraction of sp³-hybridized carbons (Fsp3) is 0.250. The van der Waals surface area contributed by atoms with E-state index < -0.39 is 13.2 Å². The molecule has 0 unspecified atom stereocenters. The maximum absolute atomic E-state index is 14.6. The van der Waals surface area contributed by atoms with Gasteiger partial charge in [0.2, 0.25) is 0 Å². The minimum absolute atomic E-state index is 0.195. The first-order valence-corrected chi connectivity index (χ1v) is 12.4. The minimum atomic E-state index is -3.34. The average molecular weight is 487 g/mol. The first kappa shape index (κ1) is 22.6. The number of anilines is 2. The lowest BCUT2D eigenvalue weighted by atomic mass is 10.2. The van der Waals surface area contributed by atoms with Crippen LogP contribution in [-0.4, -0.2) is 20.2 Å². The molecule has 0 aliphatic rings. The molecule has 6 heteroatoms. The van der Waals surface area contributed by atoms with Crippen LogP contribution in [-0.2, 0) is 9.09 Å². The summed E-state index contributed by atoms with van der Waals surface area (Å²) in [6.07, 6.45) is -0.195. The molecule has 3 aromatic rings. The highest BCUT2D eigenvalue weighted by molar-refractivity contribution is 9.10. The molecule has 3 rings (SSSR count). The molecule has 0 amide bonds. The van der Waals surface area contributed by atoms with Crippen molar-refractivity contribution in [3.8, 4) is 0 Å². The van der Waals surface area contributed by atoms with Gasteiger partial charge in [0.05, 0.1) is 6.10 Å². The summed E-state index contributed by atoms with van der Waals surface area (Å²) in [7, 11) is 0.638. The molecule has 0 radical (unpaired) electrons. The van der Waals surface area contributed by atoms with E-state index >= 15 is 0 Å². The summed E-state index contributed by atoms with van der Waals surface area (Å²) < 4.78 is 21.8. The molecule has 4 nitrogen and oxygen atoms in total. The Morgan fingerprint density at radius 1 is 0.900 bits per heavy atom. The van der Waals surface area contributed by atoms with E-state index in [-0.39, 0.29) is 6.10 Å². The van der Waals surface area contributed by atoms with Gasteiger partial charge in [0.15, 0.2) is 0 Å². The fourth-order valence-electron chi connectivity index (χ4n) is 3.24. The van der Waals surface area contributed by atoms with Gasteiger partial charge in [0, 0.05) is 35.2 Å². The summed E-state index contributed by atoms with van der Waals surface area (Å²) in [4.78, 5) is 2.02. The van der Waals surface area contributed by atoms with Crippen LogP contribution in [0.3, 0.4) is 0 Å². The van der Waals surface area contributed by atoms with Crippen LogP contribution in [0.5, 0.6) is 0 Å². The summed E-state index contributed by atoms with van der Waals surface area (Å²) in [5.74, 6) is -0.527. The second-order valence-electron chi connectivity index (χ2n) is 7.63. The topological polar surface area (TPSA) is 41.6 Å². The second kappa shape index (κ2) is 9.82. The van der Waals surface area contributed by atoms with E-state index in [1.54, 1.807) is 0 Å². The molecule has 0 fully saturated rings. The molecule has 0 aliphatic carbocycles. The number of halogens is 1. The van der Waals surface area contributed by atoms with Crippen LogP contribution in [0.1, 0.15) is 25.2 Å². The number of hydrogen-bond acceptors (Lipinski definition) is 4. The van der Waals surface area contributed by atoms with Crippen LogP contribution in [0, 0.1) is 0 Å². The van der Waals surface area contributed by atoms with Crippen molar-refractivity contribution in [2.45, 2.75) is 25.7 Å². The second-order valence-corrected chi connectivity index (χ2v) is 11.0. The highest BCUT2D eigenvalue weighted by Gasteiger charge is 2.38. The van der Waals surface area contributed by atoms with E-state index in [4.69, 9.17) is 4.52 Å². The van der Waals surface area contributed by atoms with Crippen LogP contribution >= 0.6 is 23.3 Å². The molecule has 0 saturated heterocycles. The molecular formula is C24H28BrN2O2P. The Labute approximate surface area is 187 Å². The minimum Gasteiger partial charge on any atom is -0.378 e. The maximum atomic E-state index is 14.6. The normalized spacial score (nSPS) is 14.2. The van der Waals surface area contributed by atoms with Gasteiger partial charge in [-0.3, -0.25) is 4.57 Å². The van der Waals surface area contributed by atoms with Crippen LogP contribution in [0.4, 0.5) is 11.4 Å². The van der Waals surface area contributed by atoms with Crippen LogP contribution in [0.2, 0.25) is 0 Å². The molecule has 0 bridgehead atoms. The van der Waals surface area contributed by atoms with Crippen molar-refractivity contribution in [1.82, 2.24) is 0 Å². The molecule has 3 aromatic carbocycles. The summed E-state index contributed by atoms with van der Waals surface area (Å²) in [5, 5.41) is 4.18. The van der Waals surface area contributed by atoms with E-state index in [1.807, 2.05) is 112 Å². The molecule has 0 spiro atoms. The van der Waals surface area contributed by atoms with E-state index in [0.29, 0.717) is 5.30 Å². The number of nitrogens with zero attached hydrogens (tertiary/aromatic N) is 1. The summed E-state index contributed by atoms with van der Waals surface area (Å²) in [6.45, 7) is 3.84. The summed E-state index contributed by atoms with van der Waals surface area (Å²) >= 11 is 3.49. The third-order valence-electron chi connectivity index (χ3n) is 4.70. The molecule has 1 N–H and O–H groups in total. The first-order chi connectivity index (χ1) is 14.3. The number of para-hydroxylation sites is 1. The van der Waals surface area contributed by atoms with Crippen molar-refractivity contribution >= 4 is 40.0 Å². The molecule has 0 aliphatic heterocycles. The van der Waals surface area contributed by atoms with Crippen molar-refractivity contribution < 1.29 is 9.09 Å². The lowest BCUT2D eigenvalue weighted by Crippen LogP contribution is -2.22. The molecule has 2 atom stereocenters. The zero-order chi connectivity index (χ0) is 21.7. The van der Waals surface area contributed by atoms with E-state index in [9.17, 15) is 4.57 Å². The van der Waals surface area contributed by atoms with Gasteiger partial charge in [-0.1, -0.05) is 46.3 Å². The van der Waals surface area contributed by atoms with Crippen LogP contribution in [0.25, 0.3) is 0 Å². The van der Waals surface area contributed by atoms with Crippen molar-refractivity contribution in [2.75, 3.05) is 24.3 Å². The van der Waals surface area contributed by atoms with Gasteiger partial charge in [-0.25, -0.2) is 0 Å². The summed E-state index contributed by atoms with van der Waals surface area (Å²) in [6, 6.07) is 25.5. The average Bonchev–Trinajstić information content (AvgIpc) is 2.73. The number of rotatable bonds is 8. The maximum Gasteiger partial charge on any atom is 0.258 e. The van der Waals surface area contributed by atoms with Crippen molar-refractivity contribution in [3.63, 3.8) is 0 Å². The van der Waals surface area contributed by atoms with E-state index in [2.05, 4.69) is 21.2 Å². The predicted molar refractivity (Wildman–Crippen MR) is 131 cm³/mol. The Morgan fingerprint density at radius 2 is 1.50 bits per heavy atom. The van der Waals surface area contributed by atoms with Crippen molar-refractivity contribution in [2.24, 2.45) is 0 Å². The number of nitrogens with one attached hydrogen (secondary N) is 1. The first-order valence-electron chi connectivity index (χ1n) is 9.93. The smallest absolute Gasteiger partial charge is 0.258 e. The zero-order valence-electron chi connectivity index (χ0n) is 17.7. The number of benzene rings is 3. The fourth-order valence-corrected chi connectivity index (χ4v) is 6.13. The Bertz CT molecular complexity index is 990. The molecular weight excluding hydrogens is 459 g/mol. The summed E-state index contributed by atoms with van der Waals surface area (Å²) in [5.41, 5.74) is 2.84. The van der Waals surface area contributed by atoms with Gasteiger partial charge in [0.1, 0.15) is 5.78 Å². The van der Waals surface area contributed by atoms with Gasteiger partial charge in [-0.2, -0.15) is 0 Å². The Morgan fingerprint density at radius 3 is 2.03 bits per heavy atom. The Hall–Kier alpha value is -2.07. The van der Waals surface area contributed by atoms with Gasteiger partial charge in [0.25, 0.3) is 7.37 Å². The quantitative estimate of drug-likeness (QED) is 0.361. The third-order valence-corrected chi connectivity index (χ3v) is 8.08. The van der Waals surface area contributed by atoms with Crippen molar-refractivity contribution in [3.05, 3.63) is 88.9 Å². The Balaban J connectivity index is 2.12. The SMILES string of the molecule is CC(C)O[P@@](=O)(c1ccc(N(C)C)cc1)[C@H](Nc1ccccc1)c1ccc(Br)cc1. The zero-order valence-corrected chi connectivity index (χ0v) is 20.2. The van der Waals surface area contributed by atoms with Crippen LogP contribution < -0.4 is 15.5 Å². The third kappa shape index (κ3) is 5.34. The van der Waals surface area contributed by atoms with E-state index in [1.165, 1.54) is 0 Å². The lowest BCUT2D eigenvalue weighted by Gasteiger charge is -2.31. The molecule has 0 aromatic heterocycles. The van der Waals surface area contributed by atoms with Crippen LogP contribution in [0.15, 0.2) is 83.3 Å². The van der Waals surface area contributed by atoms with Gasteiger partial charge in [-0.05, 0) is 67.9 Å². The van der Waals surface area contributed by atoms with Gasteiger partial charge >= 0.3 is 0 Å². The Kier molecular flexibility index (Phi) is 7.41. The molecule has 0 heterocycles. The molecule has 0 saturated carbocycles. The van der Waals surface area contributed by atoms with Crippen molar-refractivity contribution in [1.29, 1.82) is 0 Å². The monoisotopic (exact) mass is 486 g/mol. The van der Waals surface area contributed by atoms with E-state index in [0.717, 1.165) is 21.4 Å². The predicted octanol–water partition coefficient (Wildman–Crippen LogP) is 6.65. The van der Waals surface area contributed by atoms with Gasteiger partial charge in [-0.15, -0.1) is 0 Å². The highest BCUT2D eigenvalue weighted by atomic mass is 79.9. The molecule has 158 valence electrons. The number of hydrogen-bond donors (Lipinski definition) is 1.